The van der Waals surface area contributed by atoms with Crippen molar-refractivity contribution in [1.82, 2.24) is 4.90 Å². The van der Waals surface area contributed by atoms with Crippen molar-refractivity contribution in [2.24, 2.45) is 0 Å². The van der Waals surface area contributed by atoms with Gasteiger partial charge in [-0.15, -0.1) is 11.3 Å². The van der Waals surface area contributed by atoms with E-state index in [1.807, 2.05) is 30.5 Å². The molecule has 0 radical (unpaired) electrons. The molecule has 1 aliphatic rings. The number of amides is 1. The molecule has 0 unspecified atom stereocenters. The number of hydrogen-bond donors (Lipinski definition) is 0. The maximum atomic E-state index is 12.3. The van der Waals surface area contributed by atoms with E-state index in [0.29, 0.717) is 15.8 Å². The van der Waals surface area contributed by atoms with Crippen LogP contribution in [-0.4, -0.2) is 34.2 Å². The number of unbranched alkanes of at least 4 members (excludes halogenated alkanes) is 1. The molecule has 1 saturated heterocycles. The van der Waals surface area contributed by atoms with Gasteiger partial charge in [-0.3, -0.25) is 14.5 Å². The molecule has 0 bridgehead atoms. The number of ether oxygens (including phenoxy) is 1. The van der Waals surface area contributed by atoms with Crippen molar-refractivity contribution < 1.29 is 14.3 Å². The molecule has 0 aromatic carbocycles. The van der Waals surface area contributed by atoms with Crippen LogP contribution < -0.4 is 0 Å². The van der Waals surface area contributed by atoms with Crippen LogP contribution >= 0.6 is 35.3 Å². The van der Waals surface area contributed by atoms with Crippen LogP contribution in [0.1, 0.15) is 31.1 Å². The second-order valence-electron chi connectivity index (χ2n) is 4.67. The Kier molecular flexibility index (Phi) is 6.60. The molecule has 0 saturated carbocycles. The van der Waals surface area contributed by atoms with Gasteiger partial charge in [0.25, 0.3) is 5.91 Å². The molecule has 1 aromatic rings. The van der Waals surface area contributed by atoms with E-state index >= 15 is 0 Å². The lowest BCUT2D eigenvalue weighted by atomic mass is 10.3. The molecule has 0 N–H and O–H groups in total. The standard InChI is InChI=1S/C15H17NO3S3/c1-2-3-8-19-13(17)6-7-16-14(18)12(22-15(16)20)10-11-5-4-9-21-11/h4-5,9-10H,2-3,6-8H2,1H3/b12-10+. The first-order chi connectivity index (χ1) is 10.6. The fourth-order valence-corrected chi connectivity index (χ4v) is 3.83. The monoisotopic (exact) mass is 355 g/mol. The first-order valence-electron chi connectivity index (χ1n) is 7.06. The van der Waals surface area contributed by atoms with Crippen LogP contribution in [0.2, 0.25) is 0 Å². The third-order valence-corrected chi connectivity index (χ3v) is 5.19. The van der Waals surface area contributed by atoms with Crippen LogP contribution in [0.15, 0.2) is 22.4 Å². The van der Waals surface area contributed by atoms with Crippen LogP contribution in [0.5, 0.6) is 0 Å². The van der Waals surface area contributed by atoms with Crippen molar-refractivity contribution in [3.63, 3.8) is 0 Å². The van der Waals surface area contributed by atoms with Gasteiger partial charge in [0.15, 0.2) is 0 Å². The molecule has 1 fully saturated rings. The third kappa shape index (κ3) is 4.66. The summed E-state index contributed by atoms with van der Waals surface area (Å²) in [5.74, 6) is -0.422. The lowest BCUT2D eigenvalue weighted by molar-refractivity contribution is -0.144. The Labute approximate surface area is 143 Å². The lowest BCUT2D eigenvalue weighted by Gasteiger charge is -2.13. The molecular weight excluding hydrogens is 338 g/mol. The zero-order chi connectivity index (χ0) is 15.9. The molecule has 2 rings (SSSR count). The van der Waals surface area contributed by atoms with Gasteiger partial charge in [-0.1, -0.05) is 43.4 Å². The number of nitrogens with zero attached hydrogens (tertiary/aromatic N) is 1. The zero-order valence-electron chi connectivity index (χ0n) is 12.2. The number of thioether (sulfide) groups is 1. The fraction of sp³-hybridized carbons (Fsp3) is 0.400. The smallest absolute Gasteiger partial charge is 0.307 e. The Hall–Kier alpha value is -1.18. The van der Waals surface area contributed by atoms with E-state index in [4.69, 9.17) is 17.0 Å². The van der Waals surface area contributed by atoms with E-state index in [0.717, 1.165) is 17.7 Å². The van der Waals surface area contributed by atoms with Crippen molar-refractivity contribution in [2.75, 3.05) is 13.2 Å². The first-order valence-corrected chi connectivity index (χ1v) is 9.16. The molecule has 0 atom stereocenters. The van der Waals surface area contributed by atoms with Crippen molar-refractivity contribution in [1.29, 1.82) is 0 Å². The Morgan fingerprint density at radius 2 is 2.32 bits per heavy atom. The van der Waals surface area contributed by atoms with Gasteiger partial charge in [0, 0.05) is 11.4 Å². The maximum absolute atomic E-state index is 12.3. The summed E-state index contributed by atoms with van der Waals surface area (Å²) in [5.41, 5.74) is 0. The number of esters is 1. The van der Waals surface area contributed by atoms with Crippen molar-refractivity contribution in [3.05, 3.63) is 27.3 Å². The third-order valence-electron chi connectivity index (χ3n) is 2.99. The summed E-state index contributed by atoms with van der Waals surface area (Å²) in [4.78, 5) is 27.0. The minimum Gasteiger partial charge on any atom is -0.466 e. The molecule has 22 heavy (non-hydrogen) atoms. The molecule has 1 amide bonds. The van der Waals surface area contributed by atoms with Crippen LogP contribution in [0.4, 0.5) is 0 Å². The highest BCUT2D eigenvalue weighted by atomic mass is 32.2. The summed E-state index contributed by atoms with van der Waals surface area (Å²) >= 11 is 8.07. The van der Waals surface area contributed by atoms with Crippen molar-refractivity contribution in [2.45, 2.75) is 26.2 Å². The molecular formula is C15H17NO3S3. The molecule has 1 aromatic heterocycles. The van der Waals surface area contributed by atoms with Gasteiger partial charge in [0.1, 0.15) is 4.32 Å². The van der Waals surface area contributed by atoms with Gasteiger partial charge in [-0.25, -0.2) is 0 Å². The minimum atomic E-state index is -0.287. The van der Waals surface area contributed by atoms with Gasteiger partial charge < -0.3 is 4.74 Å². The number of thiocarbonyl (C=S) groups is 1. The normalized spacial score (nSPS) is 16.6. The number of rotatable bonds is 7. The number of hydrogen-bond acceptors (Lipinski definition) is 6. The van der Waals surface area contributed by atoms with Crippen LogP contribution in [-0.2, 0) is 14.3 Å². The Balaban J connectivity index is 1.88. The molecule has 1 aliphatic heterocycles. The Bertz CT molecular complexity index is 581. The average molecular weight is 356 g/mol. The Morgan fingerprint density at radius 1 is 1.50 bits per heavy atom. The molecule has 4 nitrogen and oxygen atoms in total. The predicted octanol–water partition coefficient (Wildman–Crippen LogP) is 3.68. The summed E-state index contributed by atoms with van der Waals surface area (Å²) < 4.78 is 5.58. The first kappa shape index (κ1) is 17.2. The average Bonchev–Trinajstić information content (AvgIpc) is 3.08. The lowest BCUT2D eigenvalue weighted by Crippen LogP contribution is -2.30. The molecule has 0 spiro atoms. The summed E-state index contributed by atoms with van der Waals surface area (Å²) in [7, 11) is 0. The predicted molar refractivity (Wildman–Crippen MR) is 94.7 cm³/mol. The number of carbonyl (C=O) groups is 2. The minimum absolute atomic E-state index is 0.134. The maximum Gasteiger partial charge on any atom is 0.307 e. The van der Waals surface area contributed by atoms with Crippen molar-refractivity contribution >= 4 is 57.6 Å². The van der Waals surface area contributed by atoms with Crippen LogP contribution in [0, 0.1) is 0 Å². The summed E-state index contributed by atoms with van der Waals surface area (Å²) in [6.45, 7) is 2.75. The summed E-state index contributed by atoms with van der Waals surface area (Å²) in [6.07, 6.45) is 3.85. The van der Waals surface area contributed by atoms with E-state index in [-0.39, 0.29) is 24.8 Å². The number of carbonyl (C=O) groups excluding carboxylic acids is 2. The largest absolute Gasteiger partial charge is 0.466 e. The second-order valence-corrected chi connectivity index (χ2v) is 7.33. The molecule has 2 heterocycles. The SMILES string of the molecule is CCCCOC(=O)CCN1C(=O)/C(=C\c2cccs2)SC1=S. The van der Waals surface area contributed by atoms with Gasteiger partial charge in [-0.05, 0) is 23.9 Å². The van der Waals surface area contributed by atoms with E-state index in [1.54, 1.807) is 11.3 Å². The molecule has 118 valence electrons. The topological polar surface area (TPSA) is 46.6 Å². The Morgan fingerprint density at radius 3 is 3.00 bits per heavy atom. The van der Waals surface area contributed by atoms with E-state index in [1.165, 1.54) is 16.7 Å². The van der Waals surface area contributed by atoms with E-state index in [9.17, 15) is 9.59 Å². The van der Waals surface area contributed by atoms with Crippen LogP contribution in [0.25, 0.3) is 6.08 Å². The highest BCUT2D eigenvalue weighted by Crippen LogP contribution is 2.33. The molecule has 7 heteroatoms. The highest BCUT2D eigenvalue weighted by molar-refractivity contribution is 8.26. The fourth-order valence-electron chi connectivity index (χ4n) is 1.80. The van der Waals surface area contributed by atoms with Gasteiger partial charge in [0.05, 0.1) is 17.9 Å². The molecule has 0 aliphatic carbocycles. The second kappa shape index (κ2) is 8.45. The van der Waals surface area contributed by atoms with Gasteiger partial charge >= 0.3 is 5.97 Å². The summed E-state index contributed by atoms with van der Waals surface area (Å²) in [5, 5.41) is 1.96. The van der Waals surface area contributed by atoms with E-state index < -0.39 is 0 Å². The highest BCUT2D eigenvalue weighted by Gasteiger charge is 2.32. The van der Waals surface area contributed by atoms with E-state index in [2.05, 4.69) is 0 Å². The van der Waals surface area contributed by atoms with Gasteiger partial charge in [0.2, 0.25) is 0 Å². The zero-order valence-corrected chi connectivity index (χ0v) is 14.7. The quantitative estimate of drug-likeness (QED) is 0.323. The van der Waals surface area contributed by atoms with Gasteiger partial charge in [-0.2, -0.15) is 0 Å². The van der Waals surface area contributed by atoms with Crippen LogP contribution in [0.3, 0.4) is 0 Å². The summed E-state index contributed by atoms with van der Waals surface area (Å²) in [6, 6.07) is 3.88. The van der Waals surface area contributed by atoms with Crippen molar-refractivity contribution in [3.8, 4) is 0 Å². The number of thiophene rings is 1.